The second-order valence-electron chi connectivity index (χ2n) is 6.63. The van der Waals surface area contributed by atoms with E-state index >= 15 is 0 Å². The summed E-state index contributed by atoms with van der Waals surface area (Å²) in [4.78, 5) is 26.3. The van der Waals surface area contributed by atoms with E-state index in [2.05, 4.69) is 15.5 Å². The molecule has 0 radical (unpaired) electrons. The number of halogens is 3. The molecule has 9 nitrogen and oxygen atoms in total. The predicted octanol–water partition coefficient (Wildman–Crippen LogP) is 5.69. The van der Waals surface area contributed by atoms with Gasteiger partial charge < -0.3 is 9.47 Å². The smallest absolute Gasteiger partial charge is 0.300 e. The Morgan fingerprint density at radius 1 is 1.15 bits per heavy atom. The molecule has 34 heavy (non-hydrogen) atoms. The molecule has 1 heterocycles. The number of pyridine rings is 1. The topological polar surface area (TPSA) is 116 Å². The number of rotatable bonds is 9. The molecule has 0 aliphatic heterocycles. The molecular formula is C22H17Cl3N4O5. The van der Waals surface area contributed by atoms with Gasteiger partial charge in [-0.1, -0.05) is 40.9 Å². The van der Waals surface area contributed by atoms with E-state index in [1.54, 1.807) is 37.3 Å². The van der Waals surface area contributed by atoms with Crippen LogP contribution in [0, 0.1) is 10.1 Å². The van der Waals surface area contributed by atoms with Crippen LogP contribution in [-0.2, 0) is 6.61 Å². The molecule has 0 unspecified atom stereocenters. The minimum atomic E-state index is -0.832. The standard InChI is InChI=1S/C22H17Cl3N4O5/c1-2-33-19-10-14(11-27-28-22(30)20-18(29(31)32)4-3-7-26-20)9-17(25)21(19)34-12-13-5-6-15(23)16(24)8-13/h3-11H,2,12H2,1H3,(H,28,30)/b27-11+. The fraction of sp³-hybridized carbons (Fsp3) is 0.136. The number of aromatic nitrogens is 1. The molecule has 0 aliphatic carbocycles. The van der Waals surface area contributed by atoms with Crippen LogP contribution >= 0.6 is 34.8 Å². The van der Waals surface area contributed by atoms with Crippen molar-refractivity contribution in [2.45, 2.75) is 13.5 Å². The van der Waals surface area contributed by atoms with Crippen LogP contribution in [0.5, 0.6) is 11.5 Å². The Bertz CT molecular complexity index is 1250. The molecule has 3 aromatic rings. The summed E-state index contributed by atoms with van der Waals surface area (Å²) in [7, 11) is 0. The monoisotopic (exact) mass is 522 g/mol. The Balaban J connectivity index is 1.75. The van der Waals surface area contributed by atoms with Crippen molar-refractivity contribution in [2.24, 2.45) is 5.10 Å². The highest BCUT2D eigenvalue weighted by Crippen LogP contribution is 2.37. The average Bonchev–Trinajstić information content (AvgIpc) is 2.81. The number of benzene rings is 2. The Hall–Kier alpha value is -3.40. The summed E-state index contributed by atoms with van der Waals surface area (Å²) in [5.74, 6) is -0.149. The van der Waals surface area contributed by atoms with Crippen molar-refractivity contribution in [3.05, 3.63) is 90.7 Å². The highest BCUT2D eigenvalue weighted by molar-refractivity contribution is 6.42. The summed E-state index contributed by atoms with van der Waals surface area (Å²) in [5.41, 5.74) is 2.70. The lowest BCUT2D eigenvalue weighted by Gasteiger charge is -2.14. The van der Waals surface area contributed by atoms with Gasteiger partial charge in [-0.15, -0.1) is 0 Å². The molecule has 0 atom stereocenters. The van der Waals surface area contributed by atoms with Crippen molar-refractivity contribution < 1.29 is 19.2 Å². The number of amides is 1. The number of nitro groups is 1. The minimum Gasteiger partial charge on any atom is -0.490 e. The lowest BCUT2D eigenvalue weighted by molar-refractivity contribution is -0.385. The number of nitrogens with zero attached hydrogens (tertiary/aromatic N) is 3. The Kier molecular flexibility index (Phi) is 8.64. The second kappa shape index (κ2) is 11.6. The van der Waals surface area contributed by atoms with Gasteiger partial charge in [0.1, 0.15) is 6.61 Å². The van der Waals surface area contributed by atoms with Gasteiger partial charge in [-0.25, -0.2) is 10.4 Å². The van der Waals surface area contributed by atoms with Crippen molar-refractivity contribution >= 4 is 52.6 Å². The van der Waals surface area contributed by atoms with Crippen LogP contribution < -0.4 is 14.9 Å². The maximum absolute atomic E-state index is 12.2. The zero-order valence-electron chi connectivity index (χ0n) is 17.6. The zero-order chi connectivity index (χ0) is 24.7. The molecule has 0 spiro atoms. The number of carbonyl (C=O) groups excluding carboxylic acids is 1. The van der Waals surface area contributed by atoms with Crippen molar-refractivity contribution in [1.82, 2.24) is 10.4 Å². The van der Waals surface area contributed by atoms with Gasteiger partial charge in [-0.3, -0.25) is 14.9 Å². The van der Waals surface area contributed by atoms with Crippen LogP contribution in [0.1, 0.15) is 28.5 Å². The first-order valence-electron chi connectivity index (χ1n) is 9.76. The molecule has 0 bridgehead atoms. The van der Waals surface area contributed by atoms with Gasteiger partial charge in [0.25, 0.3) is 5.91 Å². The summed E-state index contributed by atoms with van der Waals surface area (Å²) in [5, 5.41) is 16.0. The first-order valence-corrected chi connectivity index (χ1v) is 10.9. The Morgan fingerprint density at radius 2 is 1.94 bits per heavy atom. The minimum absolute atomic E-state index is 0.170. The average molecular weight is 524 g/mol. The van der Waals surface area contributed by atoms with Crippen LogP contribution in [0.25, 0.3) is 0 Å². The van der Waals surface area contributed by atoms with Crippen molar-refractivity contribution in [3.8, 4) is 11.5 Å². The summed E-state index contributed by atoms with van der Waals surface area (Å²) < 4.78 is 11.5. The van der Waals surface area contributed by atoms with E-state index in [0.717, 1.165) is 5.56 Å². The molecule has 1 aromatic heterocycles. The quantitative estimate of drug-likeness (QED) is 0.219. The summed E-state index contributed by atoms with van der Waals surface area (Å²) in [6.07, 6.45) is 2.58. The third kappa shape index (κ3) is 6.34. The SMILES string of the molecule is CCOc1cc(/C=N/NC(=O)c2ncccc2[N+](=O)[O-])cc(Cl)c1OCc1ccc(Cl)c(Cl)c1. The summed E-state index contributed by atoms with van der Waals surface area (Å²) >= 11 is 18.4. The summed E-state index contributed by atoms with van der Waals surface area (Å²) in [6, 6.07) is 10.9. The molecular weight excluding hydrogens is 507 g/mol. The second-order valence-corrected chi connectivity index (χ2v) is 7.85. The van der Waals surface area contributed by atoms with E-state index in [-0.39, 0.29) is 17.3 Å². The van der Waals surface area contributed by atoms with Crippen molar-refractivity contribution in [2.75, 3.05) is 6.61 Å². The molecule has 1 N–H and O–H groups in total. The third-order valence-electron chi connectivity index (χ3n) is 4.28. The maximum atomic E-state index is 12.2. The van der Waals surface area contributed by atoms with E-state index in [9.17, 15) is 14.9 Å². The van der Waals surface area contributed by atoms with Gasteiger partial charge in [0.2, 0.25) is 5.69 Å². The van der Waals surface area contributed by atoms with Crippen LogP contribution in [0.2, 0.25) is 15.1 Å². The molecule has 3 rings (SSSR count). The molecule has 0 saturated carbocycles. The number of nitrogens with one attached hydrogen (secondary N) is 1. The molecule has 12 heteroatoms. The molecule has 176 valence electrons. The van der Waals surface area contributed by atoms with Crippen LogP contribution in [0.4, 0.5) is 5.69 Å². The highest BCUT2D eigenvalue weighted by Gasteiger charge is 2.20. The van der Waals surface area contributed by atoms with Gasteiger partial charge >= 0.3 is 5.69 Å². The van der Waals surface area contributed by atoms with E-state index in [4.69, 9.17) is 44.3 Å². The molecule has 0 fully saturated rings. The van der Waals surface area contributed by atoms with Crippen LogP contribution in [-0.4, -0.2) is 28.6 Å². The number of hydrogen-bond donors (Lipinski definition) is 1. The Morgan fingerprint density at radius 3 is 2.65 bits per heavy atom. The predicted molar refractivity (Wildman–Crippen MR) is 129 cm³/mol. The number of carbonyl (C=O) groups is 1. The van der Waals surface area contributed by atoms with Crippen LogP contribution in [0.15, 0.2) is 53.8 Å². The van der Waals surface area contributed by atoms with Crippen molar-refractivity contribution in [3.63, 3.8) is 0 Å². The van der Waals surface area contributed by atoms with E-state index < -0.39 is 16.5 Å². The van der Waals surface area contributed by atoms with Crippen molar-refractivity contribution in [1.29, 1.82) is 0 Å². The van der Waals surface area contributed by atoms with Gasteiger partial charge in [0.05, 0.1) is 32.8 Å². The van der Waals surface area contributed by atoms with E-state index in [1.807, 2.05) is 0 Å². The van der Waals surface area contributed by atoms with Gasteiger partial charge in [0, 0.05) is 12.3 Å². The molecule has 1 amide bonds. The molecule has 0 aliphatic rings. The van der Waals surface area contributed by atoms with E-state index in [0.29, 0.717) is 33.7 Å². The van der Waals surface area contributed by atoms with E-state index in [1.165, 1.54) is 24.5 Å². The number of ether oxygens (including phenoxy) is 2. The van der Waals surface area contributed by atoms with Gasteiger partial charge in [-0.05, 0) is 48.4 Å². The largest absolute Gasteiger partial charge is 0.490 e. The molecule has 2 aromatic carbocycles. The summed E-state index contributed by atoms with van der Waals surface area (Å²) in [6.45, 7) is 2.32. The Labute approximate surface area is 209 Å². The highest BCUT2D eigenvalue weighted by atomic mass is 35.5. The number of hydrazone groups is 1. The number of hydrogen-bond acceptors (Lipinski definition) is 7. The lowest BCUT2D eigenvalue weighted by Crippen LogP contribution is -2.20. The maximum Gasteiger partial charge on any atom is 0.300 e. The van der Waals surface area contributed by atoms with Crippen LogP contribution in [0.3, 0.4) is 0 Å². The first-order chi connectivity index (χ1) is 16.3. The fourth-order valence-corrected chi connectivity index (χ4v) is 3.38. The lowest BCUT2D eigenvalue weighted by atomic mass is 10.2. The first kappa shape index (κ1) is 25.2. The third-order valence-corrected chi connectivity index (χ3v) is 5.30. The fourth-order valence-electron chi connectivity index (χ4n) is 2.79. The van der Waals surface area contributed by atoms with Gasteiger partial charge in [-0.2, -0.15) is 5.10 Å². The molecule has 0 saturated heterocycles. The normalized spacial score (nSPS) is 10.8. The zero-order valence-corrected chi connectivity index (χ0v) is 19.9. The van der Waals surface area contributed by atoms with Gasteiger partial charge in [0.15, 0.2) is 11.5 Å².